The zero-order chi connectivity index (χ0) is 62.6. The number of aromatic nitrogens is 1. The molecule has 1 aromatic heterocycles. The van der Waals surface area contributed by atoms with Gasteiger partial charge in [-0.15, -0.1) is 0 Å². The highest BCUT2D eigenvalue weighted by Crippen LogP contribution is 2.41. The van der Waals surface area contributed by atoms with Gasteiger partial charge in [-0.3, -0.25) is 14.4 Å². The summed E-state index contributed by atoms with van der Waals surface area (Å²) in [6.07, 6.45) is -12.1. The summed E-state index contributed by atoms with van der Waals surface area (Å²) in [5.41, 5.74) is -0.982. The monoisotopic (exact) mass is 1220 g/mol. The number of rotatable bonds is 18. The van der Waals surface area contributed by atoms with Crippen LogP contribution in [0.3, 0.4) is 0 Å². The standard InChI is InChI=1S/C61H101N5O19.CH4/c1-32(2)24-46(67)81-52-39(9)51(34(4)31-77-59-55(74-16)54(73-15)48(68)42(12)80-59)83-57(71)41(11)53(82-47-25-35(5)65(14)30-37(7)78-47)38(8)50(84-58-49(69)44(64-75-17)26-36(6)79-58)33(3)28-61(13,56(70)40(52)10)85-60(72)63-29-43-18-19-62-45(27-43)66-20-22-76-23-21-66;/h18-19,27,32-42,47-55,58-59,68-69H,20-26,28-31H2,1-17H3,(H,63,72);1H4/b64-44+;/t33-,34-,35?,36+,37-,38+,39-,40+,41+,42+,47-,48+,49+,50-,51+,52+,53-,54+,55+,58-,59+,61-;/m0./s1. The minimum atomic E-state index is -1.99. The molecule has 6 heterocycles. The van der Waals surface area contributed by atoms with Gasteiger partial charge in [0.05, 0.1) is 67.9 Å². The van der Waals surface area contributed by atoms with E-state index in [0.717, 1.165) is 11.4 Å². The average molecular weight is 1220 g/mol. The molecule has 22 atom stereocenters. The molecule has 0 spiro atoms. The van der Waals surface area contributed by atoms with E-state index in [0.29, 0.717) is 39.3 Å². The first-order valence-electron chi connectivity index (χ1n) is 30.5. The van der Waals surface area contributed by atoms with Crippen molar-refractivity contribution in [3.63, 3.8) is 0 Å². The fourth-order valence-electron chi connectivity index (χ4n) is 12.7. The van der Waals surface area contributed by atoms with Crippen molar-refractivity contribution < 1.29 is 91.1 Å². The van der Waals surface area contributed by atoms with E-state index in [1.807, 2.05) is 54.7 Å². The maximum Gasteiger partial charge on any atom is 0.408 e. The Morgan fingerprint density at radius 3 is 2.20 bits per heavy atom. The maximum absolute atomic E-state index is 16.0. The number of Topliss-reactive ketones (excluding diaryl/α,β-unsaturated/α-hetero) is 1. The van der Waals surface area contributed by atoms with Crippen LogP contribution in [-0.2, 0) is 82.6 Å². The first kappa shape index (κ1) is 72.6. The largest absolute Gasteiger partial charge is 0.461 e. The molecular weight excluding hydrogens is 1120 g/mol. The Balaban J connectivity index is 0.0000135. The molecule has 1 amide bonds. The number of nitrogens with one attached hydrogen (secondary N) is 1. The first-order chi connectivity index (χ1) is 40.2. The predicted octanol–water partition coefficient (Wildman–Crippen LogP) is 6.07. The van der Waals surface area contributed by atoms with Crippen LogP contribution in [0.15, 0.2) is 23.5 Å². The number of oxime groups is 1. The number of ether oxygens (including phenoxy) is 12. The molecule has 24 heteroatoms. The fourth-order valence-corrected chi connectivity index (χ4v) is 12.7. The quantitative estimate of drug-likeness (QED) is 0.0854. The van der Waals surface area contributed by atoms with Gasteiger partial charge in [0, 0.05) is 89.7 Å². The van der Waals surface area contributed by atoms with Crippen LogP contribution < -0.4 is 10.2 Å². The molecule has 5 saturated heterocycles. The third-order valence-electron chi connectivity index (χ3n) is 17.5. The number of carbonyl (C=O) groups excluding carboxylic acids is 4. The fraction of sp³-hybridized carbons (Fsp3) is 0.839. The Labute approximate surface area is 510 Å². The summed E-state index contributed by atoms with van der Waals surface area (Å²) >= 11 is 0. The number of esters is 2. The van der Waals surface area contributed by atoms with Gasteiger partial charge in [-0.2, -0.15) is 0 Å². The van der Waals surface area contributed by atoms with E-state index in [9.17, 15) is 19.8 Å². The summed E-state index contributed by atoms with van der Waals surface area (Å²) in [6, 6.07) is 3.66. The van der Waals surface area contributed by atoms with E-state index in [4.69, 9.17) is 61.7 Å². The molecule has 6 rings (SSSR count). The Kier molecular flexibility index (Phi) is 27.9. The number of anilines is 1. The number of pyridine rings is 1. The Bertz CT molecular complexity index is 2330. The molecule has 0 radical (unpaired) electrons. The number of nitrogens with zero attached hydrogens (tertiary/aromatic N) is 4. The summed E-state index contributed by atoms with van der Waals surface area (Å²) in [5, 5.41) is 29.9. The molecular formula is C62H105N5O19. The van der Waals surface area contributed by atoms with Crippen LogP contribution >= 0.6 is 0 Å². The van der Waals surface area contributed by atoms with Crippen molar-refractivity contribution in [3.05, 3.63) is 23.9 Å². The smallest absolute Gasteiger partial charge is 0.408 e. The second kappa shape index (κ2) is 33.1. The van der Waals surface area contributed by atoms with Crippen LogP contribution in [-0.4, -0.2) is 215 Å². The van der Waals surface area contributed by atoms with Crippen LogP contribution in [0.1, 0.15) is 129 Å². The molecule has 1 aromatic rings. The summed E-state index contributed by atoms with van der Waals surface area (Å²) in [7, 11) is 6.31. The molecule has 24 nitrogen and oxygen atoms in total. The van der Waals surface area contributed by atoms with Crippen LogP contribution in [0.25, 0.3) is 0 Å². The average Bonchev–Trinajstić information content (AvgIpc) is 1.28. The van der Waals surface area contributed by atoms with Crippen LogP contribution in [0.5, 0.6) is 0 Å². The lowest BCUT2D eigenvalue weighted by molar-refractivity contribution is -0.305. The molecule has 492 valence electrons. The number of ketones is 1. The molecule has 3 N–H and O–H groups in total. The van der Waals surface area contributed by atoms with Crippen molar-refractivity contribution >= 4 is 35.3 Å². The van der Waals surface area contributed by atoms with E-state index in [1.165, 1.54) is 21.3 Å². The normalized spacial score (nSPS) is 38.2. The summed E-state index contributed by atoms with van der Waals surface area (Å²) in [4.78, 5) is 74.1. The van der Waals surface area contributed by atoms with Gasteiger partial charge in [-0.25, -0.2) is 9.78 Å². The number of alkyl carbamates (subject to hydrolysis) is 1. The molecule has 0 aromatic carbocycles. The third kappa shape index (κ3) is 18.7. The van der Waals surface area contributed by atoms with Crippen molar-refractivity contribution in [1.29, 1.82) is 0 Å². The molecule has 0 bridgehead atoms. The van der Waals surface area contributed by atoms with Gasteiger partial charge in [0.15, 0.2) is 30.3 Å². The number of amides is 1. The molecule has 1 unspecified atom stereocenters. The van der Waals surface area contributed by atoms with Crippen LogP contribution in [0.2, 0.25) is 0 Å². The Hall–Kier alpha value is -4.18. The van der Waals surface area contributed by atoms with E-state index in [2.05, 4.69) is 32.2 Å². The lowest BCUT2D eigenvalue weighted by Crippen LogP contribution is -2.59. The number of likely N-dealkylation sites (N-methyl/N-ethyl adjacent to an activating group) is 1. The number of aliphatic hydroxyl groups is 2. The predicted molar refractivity (Wildman–Crippen MR) is 318 cm³/mol. The zero-order valence-corrected chi connectivity index (χ0v) is 53.3. The lowest BCUT2D eigenvalue weighted by Gasteiger charge is -2.45. The van der Waals surface area contributed by atoms with Gasteiger partial charge in [-0.1, -0.05) is 61.0 Å². The highest BCUT2D eigenvalue weighted by atomic mass is 16.7. The minimum Gasteiger partial charge on any atom is -0.461 e. The lowest BCUT2D eigenvalue weighted by atomic mass is 9.74. The van der Waals surface area contributed by atoms with E-state index in [-0.39, 0.29) is 63.6 Å². The molecule has 5 aliphatic heterocycles. The first-order valence-corrected chi connectivity index (χ1v) is 30.5. The molecule has 0 aliphatic carbocycles. The van der Waals surface area contributed by atoms with Gasteiger partial charge in [-0.05, 0) is 84.5 Å². The number of methoxy groups -OCH3 is 2. The third-order valence-corrected chi connectivity index (χ3v) is 17.5. The Morgan fingerprint density at radius 1 is 0.860 bits per heavy atom. The molecule has 5 aliphatic rings. The van der Waals surface area contributed by atoms with Crippen LogP contribution in [0.4, 0.5) is 10.6 Å². The number of hydrogen-bond donors (Lipinski definition) is 3. The van der Waals surface area contributed by atoms with E-state index in [1.54, 1.807) is 53.8 Å². The van der Waals surface area contributed by atoms with Crippen LogP contribution in [0, 0.1) is 41.4 Å². The van der Waals surface area contributed by atoms with Crippen molar-refractivity contribution in [2.45, 2.75) is 227 Å². The number of cyclic esters (lactones) is 1. The minimum absolute atomic E-state index is 0. The van der Waals surface area contributed by atoms with Gasteiger partial charge in [0.1, 0.15) is 49.6 Å². The Morgan fingerprint density at radius 2 is 1.55 bits per heavy atom. The van der Waals surface area contributed by atoms with Crippen molar-refractivity contribution in [2.75, 3.05) is 72.7 Å². The topological polar surface area (TPSA) is 272 Å². The number of carbonyl (C=O) groups is 4. The van der Waals surface area contributed by atoms with Gasteiger partial charge >= 0.3 is 18.0 Å². The zero-order valence-electron chi connectivity index (χ0n) is 53.3. The highest BCUT2D eigenvalue weighted by Gasteiger charge is 2.53. The number of aliphatic hydroxyl groups excluding tert-OH is 2. The SMILES string of the molecule is C.CO/N=C1\C[C@@H](C)O[C@@H](O[C@@H]2[C@@H](C)[C@H](O[C@H]3CC(C)N(C)C[C@H](C)O3)[C@@H](C)C(=O)O[C@H]([C@@H](C)CO[C@@H]3O[C@H](C)[C@@H](O)[C@@H](OC)[C@H]3OC)[C@H](C)[C@@H](OC(=O)CC(C)C)[C@@H](C)C(=O)[C@@](C)(OC(=O)NCc3ccnc(N4CCOCC4)c3)C[C@@H]2C)[C@@H]1O. The highest BCUT2D eigenvalue weighted by molar-refractivity contribution is 5.91. The van der Waals surface area contributed by atoms with Gasteiger partial charge in [0.2, 0.25) is 0 Å². The van der Waals surface area contributed by atoms with Gasteiger partial charge < -0.3 is 87.0 Å². The summed E-state index contributed by atoms with van der Waals surface area (Å²) in [5.74, 6) is -6.81. The van der Waals surface area contributed by atoms with Gasteiger partial charge in [0.25, 0.3) is 0 Å². The molecule has 0 saturated carbocycles. The second-order valence-corrected chi connectivity index (χ2v) is 25.1. The molecule has 5 fully saturated rings. The van der Waals surface area contributed by atoms with Crippen molar-refractivity contribution in [3.8, 4) is 0 Å². The number of morpholine rings is 1. The van der Waals surface area contributed by atoms with E-state index >= 15 is 9.59 Å². The van der Waals surface area contributed by atoms with E-state index < -0.39 is 145 Å². The maximum atomic E-state index is 16.0. The second-order valence-electron chi connectivity index (χ2n) is 25.1. The molecule has 86 heavy (non-hydrogen) atoms. The van der Waals surface area contributed by atoms with Crippen molar-refractivity contribution in [1.82, 2.24) is 15.2 Å². The summed E-state index contributed by atoms with van der Waals surface area (Å²) < 4.78 is 76.3. The summed E-state index contributed by atoms with van der Waals surface area (Å²) in [6.45, 7) is 26.3. The van der Waals surface area contributed by atoms with Crippen molar-refractivity contribution in [2.24, 2.45) is 46.6 Å². The number of hydrogen-bond acceptors (Lipinski definition) is 23.